The Labute approximate surface area is 204 Å². The van der Waals surface area contributed by atoms with Gasteiger partial charge < -0.3 is 0 Å². The van der Waals surface area contributed by atoms with E-state index in [1.165, 1.54) is 68.1 Å². The summed E-state index contributed by atoms with van der Waals surface area (Å²) in [5.74, 6) is 2.56. The van der Waals surface area contributed by atoms with Crippen LogP contribution < -0.4 is 0 Å². The fourth-order valence-electron chi connectivity index (χ4n) is 5.38. The zero-order chi connectivity index (χ0) is 23.6. The Kier molecular flexibility index (Phi) is 12.1. The molecule has 0 spiro atoms. The van der Waals surface area contributed by atoms with Crippen LogP contribution in [-0.2, 0) is 6.42 Å². The van der Waals surface area contributed by atoms with Crippen molar-refractivity contribution in [3.05, 3.63) is 51.0 Å². The van der Waals surface area contributed by atoms with Crippen molar-refractivity contribution in [3.8, 4) is 0 Å². The Balaban J connectivity index is 2.61. The first-order chi connectivity index (χ1) is 15.4. The number of aryl methyl sites for hydroxylation is 1. The van der Waals surface area contributed by atoms with E-state index < -0.39 is 18.4 Å². The molecule has 0 bridgehead atoms. The number of benzene rings is 1. The molecule has 2 nitrogen and oxygen atoms in total. The van der Waals surface area contributed by atoms with Crippen molar-refractivity contribution in [1.82, 2.24) is 9.62 Å². The van der Waals surface area contributed by atoms with Crippen molar-refractivity contribution < 1.29 is 0 Å². The zero-order valence-electron chi connectivity index (χ0n) is 22.2. The van der Waals surface area contributed by atoms with E-state index in [0.717, 1.165) is 0 Å². The van der Waals surface area contributed by atoms with Crippen LogP contribution in [-0.4, -0.2) is 63.2 Å². The molecule has 1 aliphatic carbocycles. The summed E-state index contributed by atoms with van der Waals surface area (Å²) in [6.07, 6.45) is 10.7. The van der Waals surface area contributed by atoms with Gasteiger partial charge in [0.05, 0.1) is 0 Å². The maximum absolute atomic E-state index is 2.99. The minimum atomic E-state index is -2.37. The third-order valence-corrected chi connectivity index (χ3v) is 21.6. The standard InChI is InChI=1S/C16H22BN2.3C4H9.Sn/c1-13-10-11-14-8-6-7-9-15(14)16(13)12-17(18(2)3)19(4)5;3*1-3-4-2;/h1,6-9,12H,10-11H2,2-5H3;3*1,3-4H2,2H3;. The van der Waals surface area contributed by atoms with Crippen LogP contribution in [0.4, 0.5) is 0 Å². The fourth-order valence-corrected chi connectivity index (χ4v) is 20.8. The molecule has 0 saturated heterocycles. The molecule has 178 valence electrons. The first-order valence-corrected chi connectivity index (χ1v) is 20.9. The van der Waals surface area contributed by atoms with Crippen LogP contribution in [0.3, 0.4) is 0 Å². The molecule has 0 aromatic heterocycles. The molecule has 0 heterocycles. The summed E-state index contributed by atoms with van der Waals surface area (Å²) in [5, 5.41) is 0. The maximum atomic E-state index is 2.99. The second-order valence-corrected chi connectivity index (χ2v) is 23.3. The van der Waals surface area contributed by atoms with Gasteiger partial charge in [0.25, 0.3) is 0 Å². The molecular weight excluding hydrogens is 494 g/mol. The molecule has 32 heavy (non-hydrogen) atoms. The number of hydrogen-bond donors (Lipinski definition) is 0. The molecule has 1 aliphatic rings. The van der Waals surface area contributed by atoms with Crippen molar-refractivity contribution in [3.63, 3.8) is 0 Å². The Hall–Kier alpha value is -0.516. The predicted molar refractivity (Wildman–Crippen MR) is 149 cm³/mol. The van der Waals surface area contributed by atoms with E-state index in [1.807, 2.05) is 0 Å². The Morgan fingerprint density at radius 3 is 1.84 bits per heavy atom. The number of allylic oxidation sites excluding steroid dienone is 2. The van der Waals surface area contributed by atoms with Gasteiger partial charge in [-0.1, -0.05) is 0 Å². The molecule has 0 amide bonds. The van der Waals surface area contributed by atoms with Gasteiger partial charge in [-0.05, 0) is 0 Å². The van der Waals surface area contributed by atoms with Gasteiger partial charge in [0.2, 0.25) is 0 Å². The quantitative estimate of drug-likeness (QED) is 0.238. The number of rotatable bonds is 13. The van der Waals surface area contributed by atoms with E-state index >= 15 is 0 Å². The van der Waals surface area contributed by atoms with Gasteiger partial charge in [-0.2, -0.15) is 0 Å². The van der Waals surface area contributed by atoms with E-state index in [0.29, 0.717) is 6.98 Å². The van der Waals surface area contributed by atoms with Crippen molar-refractivity contribution in [2.45, 2.75) is 85.4 Å². The summed E-state index contributed by atoms with van der Waals surface area (Å²) in [6.45, 7) is 7.45. The van der Waals surface area contributed by atoms with Gasteiger partial charge in [-0.25, -0.2) is 0 Å². The molecule has 0 radical (unpaired) electrons. The molecule has 4 heteroatoms. The van der Waals surface area contributed by atoms with Crippen LogP contribution in [0.15, 0.2) is 39.9 Å². The third kappa shape index (κ3) is 7.77. The molecule has 0 fully saturated rings. The fraction of sp³-hybridized carbons (Fsp3) is 0.643. The van der Waals surface area contributed by atoms with Crippen LogP contribution in [0.5, 0.6) is 0 Å². The van der Waals surface area contributed by atoms with Crippen molar-refractivity contribution in [2.75, 3.05) is 28.2 Å². The summed E-state index contributed by atoms with van der Waals surface area (Å²) in [5.41, 5.74) is 6.24. The van der Waals surface area contributed by atoms with Crippen molar-refractivity contribution in [1.29, 1.82) is 0 Å². The number of hydrogen-bond acceptors (Lipinski definition) is 2. The average molecular weight is 543 g/mol. The monoisotopic (exact) mass is 544 g/mol. The van der Waals surface area contributed by atoms with Crippen LogP contribution in [0.2, 0.25) is 13.3 Å². The Bertz CT molecular complexity index is 724. The Morgan fingerprint density at radius 1 is 0.812 bits per heavy atom. The molecule has 1 aromatic carbocycles. The molecule has 0 N–H and O–H groups in total. The number of unbranched alkanes of at least 4 members (excludes halogenated alkanes) is 3. The average Bonchev–Trinajstić information content (AvgIpc) is 2.78. The molecule has 2 rings (SSSR count). The van der Waals surface area contributed by atoms with E-state index in [9.17, 15) is 0 Å². The van der Waals surface area contributed by atoms with E-state index in [2.05, 4.69) is 92.9 Å². The summed E-state index contributed by atoms with van der Waals surface area (Å²) in [6, 6.07) is 9.17. The third-order valence-electron chi connectivity index (χ3n) is 7.26. The second-order valence-electron chi connectivity index (χ2n) is 10.4. The summed E-state index contributed by atoms with van der Waals surface area (Å²) in [7, 11) is 8.81. The van der Waals surface area contributed by atoms with Crippen LogP contribution >= 0.6 is 0 Å². The number of fused-ring (bicyclic) bond motifs is 1. The summed E-state index contributed by atoms with van der Waals surface area (Å²) in [4.78, 5) is 4.67. The van der Waals surface area contributed by atoms with E-state index in [4.69, 9.17) is 0 Å². The molecule has 0 atom stereocenters. The first kappa shape index (κ1) is 27.7. The molecule has 0 unspecified atom stereocenters. The van der Waals surface area contributed by atoms with Crippen molar-refractivity contribution in [2.24, 2.45) is 0 Å². The first-order valence-electron chi connectivity index (χ1n) is 13.2. The minimum absolute atomic E-state index is 0.311. The zero-order valence-corrected chi connectivity index (χ0v) is 25.1. The Morgan fingerprint density at radius 2 is 1.34 bits per heavy atom. The molecular formula is C28H49BN2Sn. The van der Waals surface area contributed by atoms with E-state index in [1.54, 1.807) is 18.9 Å². The van der Waals surface area contributed by atoms with Crippen LogP contribution in [0.25, 0.3) is 5.57 Å². The number of nitrogens with zero attached hydrogens (tertiary/aromatic N) is 2. The van der Waals surface area contributed by atoms with E-state index in [-0.39, 0.29) is 0 Å². The molecule has 0 aliphatic heterocycles. The predicted octanol–water partition coefficient (Wildman–Crippen LogP) is 7.48. The van der Waals surface area contributed by atoms with Gasteiger partial charge in [0, 0.05) is 0 Å². The molecule has 0 saturated carbocycles. The topological polar surface area (TPSA) is 6.48 Å². The summed E-state index contributed by atoms with van der Waals surface area (Å²) < 4.78 is 7.64. The normalized spacial score (nSPS) is 16.9. The van der Waals surface area contributed by atoms with Gasteiger partial charge in [-0.15, -0.1) is 0 Å². The summed E-state index contributed by atoms with van der Waals surface area (Å²) >= 11 is -2.37. The SMILES string of the molecule is CCC[CH2][Sn]([CH]=C1CCc2ccccc2C1=CB(N(C)C)N(C)C)([CH2]CCC)[CH2]CCC. The van der Waals surface area contributed by atoms with Crippen LogP contribution in [0, 0.1) is 0 Å². The van der Waals surface area contributed by atoms with Gasteiger partial charge in [0.15, 0.2) is 0 Å². The van der Waals surface area contributed by atoms with Crippen LogP contribution in [0.1, 0.15) is 76.8 Å². The molecule has 1 aromatic rings. The van der Waals surface area contributed by atoms with Crippen molar-refractivity contribution >= 4 is 30.9 Å². The van der Waals surface area contributed by atoms with Gasteiger partial charge in [0.1, 0.15) is 0 Å². The van der Waals surface area contributed by atoms with Gasteiger partial charge >= 0.3 is 205 Å². The van der Waals surface area contributed by atoms with Gasteiger partial charge in [-0.3, -0.25) is 0 Å². The second kappa shape index (κ2) is 14.0.